The summed E-state index contributed by atoms with van der Waals surface area (Å²) >= 11 is 0. The Kier molecular flexibility index (Phi) is 22.4. The van der Waals surface area contributed by atoms with Gasteiger partial charge in [0.25, 0.3) is 0 Å². The topological polar surface area (TPSA) is 123 Å². The molecule has 210 valence electrons. The molecule has 0 aromatic heterocycles. The van der Waals surface area contributed by atoms with Crippen molar-refractivity contribution in [3.05, 3.63) is 0 Å². The molecule has 0 fully saturated rings. The minimum Gasteiger partial charge on any atom is -0.475 e. The van der Waals surface area contributed by atoms with Crippen molar-refractivity contribution in [1.82, 2.24) is 0 Å². The van der Waals surface area contributed by atoms with E-state index in [1.165, 1.54) is 77.0 Å². The SMILES string of the molecule is CCCCCCCCCCCCOC(OCCCCCCCCCCCC)(OP(=O)(O)O)C(=O)O. The van der Waals surface area contributed by atoms with Crippen molar-refractivity contribution in [1.29, 1.82) is 0 Å². The van der Waals surface area contributed by atoms with Gasteiger partial charge in [-0.05, 0) is 12.8 Å². The second kappa shape index (κ2) is 22.7. The number of hydrogen-bond donors (Lipinski definition) is 3. The Morgan fingerprint density at radius 3 is 1.14 bits per heavy atom. The summed E-state index contributed by atoms with van der Waals surface area (Å²) in [7, 11) is -5.14. The molecule has 0 spiro atoms. The van der Waals surface area contributed by atoms with E-state index in [0.29, 0.717) is 12.8 Å². The fraction of sp³-hybridized carbons (Fsp3) is 0.962. The summed E-state index contributed by atoms with van der Waals surface area (Å²) in [6.45, 7) is 4.38. The average molecular weight is 525 g/mol. The lowest BCUT2D eigenvalue weighted by Gasteiger charge is -2.28. The Hall–Kier alpha value is -0.500. The summed E-state index contributed by atoms with van der Waals surface area (Å²) in [5.74, 6) is -4.47. The Balaban J connectivity index is 4.22. The number of carboxylic acids is 1. The van der Waals surface area contributed by atoms with Crippen molar-refractivity contribution >= 4 is 13.8 Å². The third kappa shape index (κ3) is 21.3. The van der Waals surface area contributed by atoms with E-state index < -0.39 is 19.8 Å². The van der Waals surface area contributed by atoms with Crippen molar-refractivity contribution in [2.45, 2.75) is 148 Å². The smallest absolute Gasteiger partial charge is 0.474 e. The molecule has 0 atom stereocenters. The largest absolute Gasteiger partial charge is 0.475 e. The van der Waals surface area contributed by atoms with Crippen LogP contribution in [0.4, 0.5) is 0 Å². The number of hydrogen-bond acceptors (Lipinski definition) is 5. The molecule has 9 heteroatoms. The summed E-state index contributed by atoms with van der Waals surface area (Å²) in [5, 5.41) is 9.59. The molecule has 0 saturated carbocycles. The van der Waals surface area contributed by atoms with Crippen molar-refractivity contribution in [3.63, 3.8) is 0 Å². The maximum atomic E-state index is 11.8. The zero-order chi connectivity index (χ0) is 26.3. The summed E-state index contributed by atoms with van der Waals surface area (Å²) < 4.78 is 26.5. The number of rotatable bonds is 27. The molecule has 0 aliphatic rings. The first-order valence-electron chi connectivity index (χ1n) is 14.0. The predicted octanol–water partition coefficient (Wildman–Crippen LogP) is 7.71. The molecule has 0 aliphatic heterocycles. The molecule has 35 heavy (non-hydrogen) atoms. The maximum absolute atomic E-state index is 11.8. The zero-order valence-electron chi connectivity index (χ0n) is 22.4. The molecule has 0 rings (SSSR count). The van der Waals surface area contributed by atoms with E-state index in [0.717, 1.165) is 38.5 Å². The van der Waals surface area contributed by atoms with E-state index in [2.05, 4.69) is 18.4 Å². The lowest BCUT2D eigenvalue weighted by Crippen LogP contribution is -2.47. The monoisotopic (exact) mass is 524 g/mol. The number of unbranched alkanes of at least 4 members (excludes halogenated alkanes) is 18. The molecular formula is C26H53O8P. The molecule has 0 radical (unpaired) electrons. The second-order valence-electron chi connectivity index (χ2n) is 9.50. The lowest BCUT2D eigenvalue weighted by atomic mass is 10.1. The van der Waals surface area contributed by atoms with Gasteiger partial charge in [-0.2, -0.15) is 0 Å². The number of carbonyl (C=O) groups is 1. The maximum Gasteiger partial charge on any atom is 0.474 e. The number of phosphoric acid groups is 1. The van der Waals surface area contributed by atoms with Crippen LogP contribution in [-0.2, 0) is 23.4 Å². The fourth-order valence-electron chi connectivity index (χ4n) is 4.01. The van der Waals surface area contributed by atoms with Gasteiger partial charge in [0.2, 0.25) is 0 Å². The van der Waals surface area contributed by atoms with Gasteiger partial charge >= 0.3 is 19.8 Å². The van der Waals surface area contributed by atoms with Crippen molar-refractivity contribution in [3.8, 4) is 0 Å². The van der Waals surface area contributed by atoms with Gasteiger partial charge in [0.1, 0.15) is 0 Å². The van der Waals surface area contributed by atoms with Crippen LogP contribution in [0.15, 0.2) is 0 Å². The van der Waals surface area contributed by atoms with Gasteiger partial charge < -0.3 is 24.4 Å². The summed E-state index contributed by atoms with van der Waals surface area (Å²) in [6.07, 6.45) is 22.1. The molecule has 0 unspecified atom stereocenters. The number of carboxylic acid groups (broad SMARTS) is 1. The van der Waals surface area contributed by atoms with Gasteiger partial charge in [-0.25, -0.2) is 13.9 Å². The van der Waals surface area contributed by atoms with Gasteiger partial charge in [0, 0.05) is 0 Å². The zero-order valence-corrected chi connectivity index (χ0v) is 23.3. The van der Waals surface area contributed by atoms with Crippen LogP contribution in [0, 0.1) is 0 Å². The van der Waals surface area contributed by atoms with Crippen molar-refractivity contribution < 1.29 is 38.3 Å². The van der Waals surface area contributed by atoms with E-state index >= 15 is 0 Å². The van der Waals surface area contributed by atoms with Crippen LogP contribution in [0.2, 0.25) is 0 Å². The molecule has 0 bridgehead atoms. The summed E-state index contributed by atoms with van der Waals surface area (Å²) in [5.41, 5.74) is 0. The van der Waals surface area contributed by atoms with Crippen LogP contribution in [0.1, 0.15) is 142 Å². The Bertz CT molecular complexity index is 511. The highest BCUT2D eigenvalue weighted by Crippen LogP contribution is 2.42. The minimum atomic E-state index is -5.14. The molecule has 3 N–H and O–H groups in total. The first-order valence-corrected chi connectivity index (χ1v) is 15.6. The molecule has 0 aromatic carbocycles. The van der Waals surface area contributed by atoms with Gasteiger partial charge in [0.15, 0.2) is 0 Å². The highest BCUT2D eigenvalue weighted by Gasteiger charge is 2.48. The second-order valence-corrected chi connectivity index (χ2v) is 10.7. The molecule has 0 aliphatic carbocycles. The van der Waals surface area contributed by atoms with Crippen LogP contribution in [0.3, 0.4) is 0 Å². The van der Waals surface area contributed by atoms with Crippen LogP contribution in [0.25, 0.3) is 0 Å². The molecule has 8 nitrogen and oxygen atoms in total. The Morgan fingerprint density at radius 2 is 0.886 bits per heavy atom. The third-order valence-corrected chi connectivity index (χ3v) is 6.56. The fourth-order valence-corrected chi connectivity index (χ4v) is 4.50. The highest BCUT2D eigenvalue weighted by molar-refractivity contribution is 7.46. The van der Waals surface area contributed by atoms with E-state index in [4.69, 9.17) is 9.47 Å². The van der Waals surface area contributed by atoms with Crippen molar-refractivity contribution in [2.24, 2.45) is 0 Å². The first kappa shape index (κ1) is 34.5. The van der Waals surface area contributed by atoms with E-state index in [1.54, 1.807) is 0 Å². The molecular weight excluding hydrogens is 471 g/mol. The van der Waals surface area contributed by atoms with E-state index in [-0.39, 0.29) is 13.2 Å². The molecule has 0 amide bonds. The van der Waals surface area contributed by atoms with Crippen LogP contribution >= 0.6 is 7.82 Å². The average Bonchev–Trinajstić information content (AvgIpc) is 2.79. The van der Waals surface area contributed by atoms with Crippen molar-refractivity contribution in [2.75, 3.05) is 13.2 Å². The Labute approximate surface area is 213 Å². The Morgan fingerprint density at radius 1 is 0.600 bits per heavy atom. The van der Waals surface area contributed by atoms with Gasteiger partial charge in [-0.15, -0.1) is 0 Å². The van der Waals surface area contributed by atoms with E-state index in [1.807, 2.05) is 0 Å². The quantitative estimate of drug-likeness (QED) is 0.0567. The lowest BCUT2D eigenvalue weighted by molar-refractivity contribution is -0.334. The van der Waals surface area contributed by atoms with Crippen LogP contribution < -0.4 is 0 Å². The summed E-state index contributed by atoms with van der Waals surface area (Å²) in [4.78, 5) is 30.3. The van der Waals surface area contributed by atoms with E-state index in [9.17, 15) is 24.3 Å². The first-order chi connectivity index (χ1) is 16.8. The number of phosphoric ester groups is 1. The normalized spacial score (nSPS) is 12.3. The number of aliphatic carboxylic acids is 1. The standard InChI is InChI=1S/C26H53O8P/c1-3-5-7-9-11-13-15-17-19-21-23-32-26(25(27)28,34-35(29,30)31)33-24-22-20-18-16-14-12-10-8-6-4-2/h3-24H2,1-2H3,(H,27,28)(H2,29,30,31). The third-order valence-electron chi connectivity index (χ3n) is 6.08. The summed E-state index contributed by atoms with van der Waals surface area (Å²) in [6, 6.07) is 0. The molecule has 0 saturated heterocycles. The minimum absolute atomic E-state index is 0.0131. The predicted molar refractivity (Wildman–Crippen MR) is 139 cm³/mol. The van der Waals surface area contributed by atoms with Crippen LogP contribution in [-0.4, -0.2) is 40.0 Å². The number of ether oxygens (including phenoxy) is 2. The van der Waals surface area contributed by atoms with Gasteiger partial charge in [-0.3, -0.25) is 0 Å². The molecule has 0 aromatic rings. The van der Waals surface area contributed by atoms with Crippen LogP contribution in [0.5, 0.6) is 0 Å². The highest BCUT2D eigenvalue weighted by atomic mass is 31.2. The van der Waals surface area contributed by atoms with Gasteiger partial charge in [-0.1, -0.05) is 129 Å². The molecule has 0 heterocycles. The van der Waals surface area contributed by atoms with Gasteiger partial charge in [0.05, 0.1) is 13.2 Å².